The number of rotatable bonds is 7. The highest BCUT2D eigenvalue weighted by Gasteiger charge is 2.39. The van der Waals surface area contributed by atoms with E-state index in [1.807, 2.05) is 48.5 Å². The normalized spacial score (nSPS) is 11.9. The van der Waals surface area contributed by atoms with Crippen LogP contribution >= 0.6 is 0 Å². The number of amides is 2. The van der Waals surface area contributed by atoms with E-state index < -0.39 is 28.8 Å². The lowest BCUT2D eigenvalue weighted by atomic mass is 9.69. The van der Waals surface area contributed by atoms with E-state index in [-0.39, 0.29) is 0 Å². The second-order valence-corrected chi connectivity index (χ2v) is 11.7. The van der Waals surface area contributed by atoms with Gasteiger partial charge in [0.25, 0.3) is 0 Å². The molecular formula is C32H36N6O4. The molecule has 218 valence electrons. The summed E-state index contributed by atoms with van der Waals surface area (Å²) >= 11 is 0. The topological polar surface area (TPSA) is 128 Å². The Labute approximate surface area is 246 Å². The molecule has 10 heteroatoms. The van der Waals surface area contributed by atoms with Crippen molar-refractivity contribution in [3.8, 4) is 0 Å². The van der Waals surface area contributed by atoms with Gasteiger partial charge in [0.15, 0.2) is 0 Å². The minimum absolute atomic E-state index is 0.326. The monoisotopic (exact) mass is 568 g/mol. The van der Waals surface area contributed by atoms with Crippen molar-refractivity contribution in [3.05, 3.63) is 108 Å². The van der Waals surface area contributed by atoms with Gasteiger partial charge in [-0.3, -0.25) is 20.6 Å². The summed E-state index contributed by atoms with van der Waals surface area (Å²) in [6.07, 6.45) is 6.10. The average Bonchev–Trinajstić information content (AvgIpc) is 2.91. The number of anilines is 2. The molecule has 0 atom stereocenters. The maximum Gasteiger partial charge on any atom is 0.413 e. The quantitative estimate of drug-likeness (QED) is 0.257. The highest BCUT2D eigenvalue weighted by molar-refractivity contribution is 5.84. The molecule has 0 saturated heterocycles. The van der Waals surface area contributed by atoms with Gasteiger partial charge < -0.3 is 9.47 Å². The number of carbonyl (C=O) groups excluding carboxylic acids is 2. The molecule has 0 saturated carbocycles. The third kappa shape index (κ3) is 7.87. The summed E-state index contributed by atoms with van der Waals surface area (Å²) in [6, 6.07) is 18.5. The zero-order valence-electron chi connectivity index (χ0n) is 24.7. The maximum absolute atomic E-state index is 12.6. The van der Waals surface area contributed by atoms with Gasteiger partial charge in [-0.15, -0.1) is 0 Å². The van der Waals surface area contributed by atoms with Crippen LogP contribution in [0.4, 0.5) is 21.2 Å². The molecule has 0 aromatic carbocycles. The number of pyridine rings is 4. The first-order valence-corrected chi connectivity index (χ1v) is 13.6. The third-order valence-electron chi connectivity index (χ3n) is 6.01. The highest BCUT2D eigenvalue weighted by Crippen LogP contribution is 2.41. The van der Waals surface area contributed by atoms with Crippen LogP contribution in [0.15, 0.2) is 85.5 Å². The van der Waals surface area contributed by atoms with Gasteiger partial charge in [0, 0.05) is 36.9 Å². The number of aromatic nitrogens is 4. The number of nitrogens with zero attached hydrogens (tertiary/aromatic N) is 4. The van der Waals surface area contributed by atoms with Gasteiger partial charge in [0.1, 0.15) is 22.8 Å². The van der Waals surface area contributed by atoms with Crippen molar-refractivity contribution < 1.29 is 19.1 Å². The highest BCUT2D eigenvalue weighted by atomic mass is 16.6. The predicted octanol–water partition coefficient (Wildman–Crippen LogP) is 6.54. The van der Waals surface area contributed by atoms with Crippen molar-refractivity contribution in [2.24, 2.45) is 0 Å². The Morgan fingerprint density at radius 2 is 1.17 bits per heavy atom. The summed E-state index contributed by atoms with van der Waals surface area (Å²) in [5, 5.41) is 5.47. The lowest BCUT2D eigenvalue weighted by molar-refractivity contribution is 0.0623. The summed E-state index contributed by atoms with van der Waals surface area (Å²) in [7, 11) is 0. The minimum atomic E-state index is -0.925. The number of carbonyl (C=O) groups is 2. The maximum atomic E-state index is 12.6. The van der Waals surface area contributed by atoms with Crippen LogP contribution in [-0.4, -0.2) is 43.3 Å². The molecule has 0 radical (unpaired) electrons. The van der Waals surface area contributed by atoms with Crippen LogP contribution in [0.5, 0.6) is 0 Å². The molecule has 0 unspecified atom stereocenters. The van der Waals surface area contributed by atoms with Gasteiger partial charge in [-0.1, -0.05) is 24.3 Å². The smallest absolute Gasteiger partial charge is 0.413 e. The number of nitrogens with one attached hydrogen (secondary N) is 2. The Morgan fingerprint density at radius 3 is 1.64 bits per heavy atom. The van der Waals surface area contributed by atoms with Crippen molar-refractivity contribution in [3.63, 3.8) is 0 Å². The second kappa shape index (κ2) is 12.3. The van der Waals surface area contributed by atoms with E-state index in [0.717, 1.165) is 11.1 Å². The fourth-order valence-corrected chi connectivity index (χ4v) is 4.47. The second-order valence-electron chi connectivity index (χ2n) is 11.7. The van der Waals surface area contributed by atoms with E-state index in [9.17, 15) is 9.59 Å². The fourth-order valence-electron chi connectivity index (χ4n) is 4.47. The van der Waals surface area contributed by atoms with Crippen LogP contribution in [0.1, 0.15) is 64.1 Å². The van der Waals surface area contributed by atoms with Gasteiger partial charge in [-0.2, -0.15) is 0 Å². The summed E-state index contributed by atoms with van der Waals surface area (Å²) in [6.45, 7) is 10.8. The average molecular weight is 569 g/mol. The van der Waals surface area contributed by atoms with Crippen molar-refractivity contribution >= 4 is 23.8 Å². The van der Waals surface area contributed by atoms with Gasteiger partial charge in [0.2, 0.25) is 0 Å². The minimum Gasteiger partial charge on any atom is -0.444 e. The van der Waals surface area contributed by atoms with E-state index in [1.54, 1.807) is 78.5 Å². The molecule has 2 amide bonds. The van der Waals surface area contributed by atoms with Crippen LogP contribution in [-0.2, 0) is 21.3 Å². The van der Waals surface area contributed by atoms with E-state index in [2.05, 4.69) is 20.6 Å². The van der Waals surface area contributed by atoms with E-state index in [1.165, 1.54) is 0 Å². The van der Waals surface area contributed by atoms with Gasteiger partial charge >= 0.3 is 12.2 Å². The Hall–Kier alpha value is -4.86. The number of hydrogen-bond donors (Lipinski definition) is 2. The zero-order chi connectivity index (χ0) is 30.4. The Kier molecular flexibility index (Phi) is 8.84. The Bertz CT molecular complexity index is 1480. The van der Waals surface area contributed by atoms with E-state index in [4.69, 9.17) is 19.4 Å². The van der Waals surface area contributed by atoms with Gasteiger partial charge in [0.05, 0.1) is 11.1 Å². The first kappa shape index (κ1) is 30.1. The van der Waals surface area contributed by atoms with Crippen molar-refractivity contribution in [1.29, 1.82) is 0 Å². The summed E-state index contributed by atoms with van der Waals surface area (Å²) in [4.78, 5) is 43.5. The first-order chi connectivity index (χ1) is 19.8. The molecule has 2 N–H and O–H groups in total. The lowest BCUT2D eigenvalue weighted by Crippen LogP contribution is -2.34. The largest absolute Gasteiger partial charge is 0.444 e. The number of ether oxygens (including phenoxy) is 2. The molecule has 0 aliphatic heterocycles. The van der Waals surface area contributed by atoms with Crippen LogP contribution in [0, 0.1) is 0 Å². The Morgan fingerprint density at radius 1 is 0.667 bits per heavy atom. The molecule has 0 fully saturated rings. The molecular weight excluding hydrogens is 532 g/mol. The summed E-state index contributed by atoms with van der Waals surface area (Å²) < 4.78 is 10.8. The molecule has 4 rings (SSSR count). The standard InChI is InChI=1S/C32H36N6O4/c1-30(2,3)41-28(39)37-26-15-7-13-24(35-26)19-32(22-11-9-17-33-20-22,23-12-10-18-34-21-23)25-14-8-16-27(36-25)38-29(40)42-31(4,5)6/h7-18,20-21H,19H2,1-6H3,(H,35,37,39)(H,36,38,40). The molecule has 0 bridgehead atoms. The van der Waals surface area contributed by atoms with Crippen LogP contribution < -0.4 is 10.6 Å². The molecule has 0 aliphatic rings. The molecule has 4 aromatic rings. The first-order valence-electron chi connectivity index (χ1n) is 13.6. The molecule has 4 aromatic heterocycles. The summed E-state index contributed by atoms with van der Waals surface area (Å²) in [5.74, 6) is 0.675. The Balaban J connectivity index is 1.81. The molecule has 4 heterocycles. The van der Waals surface area contributed by atoms with E-state index >= 15 is 0 Å². The molecule has 0 aliphatic carbocycles. The van der Waals surface area contributed by atoms with Crippen molar-refractivity contribution in [2.45, 2.75) is 64.6 Å². The predicted molar refractivity (Wildman–Crippen MR) is 160 cm³/mol. The van der Waals surface area contributed by atoms with E-state index in [0.29, 0.717) is 29.4 Å². The molecule has 10 nitrogen and oxygen atoms in total. The zero-order valence-corrected chi connectivity index (χ0v) is 24.7. The fraction of sp³-hybridized carbons (Fsp3) is 0.312. The van der Waals surface area contributed by atoms with Crippen LogP contribution in [0.2, 0.25) is 0 Å². The van der Waals surface area contributed by atoms with Crippen molar-refractivity contribution in [1.82, 2.24) is 19.9 Å². The van der Waals surface area contributed by atoms with Gasteiger partial charge in [-0.25, -0.2) is 19.6 Å². The van der Waals surface area contributed by atoms with Crippen LogP contribution in [0.3, 0.4) is 0 Å². The third-order valence-corrected chi connectivity index (χ3v) is 6.01. The van der Waals surface area contributed by atoms with Gasteiger partial charge in [-0.05, 0) is 89.1 Å². The lowest BCUT2D eigenvalue weighted by Gasteiger charge is -2.34. The van der Waals surface area contributed by atoms with Crippen LogP contribution in [0.25, 0.3) is 0 Å². The molecule has 42 heavy (non-hydrogen) atoms. The summed E-state index contributed by atoms with van der Waals surface area (Å²) in [5.41, 5.74) is 0.737. The number of hydrogen-bond acceptors (Lipinski definition) is 8. The van der Waals surface area contributed by atoms with Crippen molar-refractivity contribution in [2.75, 3.05) is 10.6 Å². The SMILES string of the molecule is CC(C)(C)OC(=O)Nc1cccc(CC(c2cccnc2)(c2cccnc2)c2cccc(NC(=O)OC(C)(C)C)n2)n1. The molecule has 0 spiro atoms.